The van der Waals surface area contributed by atoms with Crippen LogP contribution in [0.25, 0.3) is 0 Å². The summed E-state index contributed by atoms with van der Waals surface area (Å²) >= 11 is 0. The summed E-state index contributed by atoms with van der Waals surface area (Å²) in [7, 11) is 0. The molecule has 4 nitrogen and oxygen atoms in total. The van der Waals surface area contributed by atoms with Crippen molar-refractivity contribution < 1.29 is 18.3 Å². The fourth-order valence-corrected chi connectivity index (χ4v) is 1.91. The molecule has 116 valence electrons. The molecular weight excluding hydrogens is 271 g/mol. The van der Waals surface area contributed by atoms with Gasteiger partial charge in [0.2, 0.25) is 0 Å². The first-order valence-electron chi connectivity index (χ1n) is 6.76. The monoisotopic (exact) mass is 293 g/mol. The van der Waals surface area contributed by atoms with Crippen molar-refractivity contribution in [2.75, 3.05) is 13.2 Å². The third-order valence-electron chi connectivity index (χ3n) is 3.23. The molecule has 1 atom stereocenters. The van der Waals surface area contributed by atoms with E-state index in [1.54, 1.807) is 0 Å². The molecule has 1 unspecified atom stereocenters. The second kappa shape index (κ2) is 7.08. The standard InChI is InChI=1S/C13H22F3N3O/c1-3-6-17-12(2,10-20)5-4-7-19-9-11(8-18-19)13(14,15)16/h8-9,17,20H,3-7,10H2,1-2H3. The van der Waals surface area contributed by atoms with E-state index in [9.17, 15) is 18.3 Å². The van der Waals surface area contributed by atoms with Gasteiger partial charge in [0, 0.05) is 18.3 Å². The van der Waals surface area contributed by atoms with Crippen LogP contribution < -0.4 is 5.32 Å². The largest absolute Gasteiger partial charge is 0.419 e. The molecule has 0 spiro atoms. The molecule has 0 saturated carbocycles. The summed E-state index contributed by atoms with van der Waals surface area (Å²) < 4.78 is 38.5. The minimum absolute atomic E-state index is 0.0000910. The van der Waals surface area contributed by atoms with Gasteiger partial charge in [-0.15, -0.1) is 0 Å². The van der Waals surface area contributed by atoms with Gasteiger partial charge in [0.15, 0.2) is 0 Å². The number of hydrogen-bond acceptors (Lipinski definition) is 3. The van der Waals surface area contributed by atoms with Gasteiger partial charge in [0.1, 0.15) is 0 Å². The summed E-state index contributed by atoms with van der Waals surface area (Å²) in [5, 5.41) is 16.3. The van der Waals surface area contributed by atoms with Crippen LogP contribution in [0.5, 0.6) is 0 Å². The average molecular weight is 293 g/mol. The Hall–Kier alpha value is -1.08. The predicted molar refractivity (Wildman–Crippen MR) is 70.2 cm³/mol. The molecule has 0 amide bonds. The quantitative estimate of drug-likeness (QED) is 0.774. The van der Waals surface area contributed by atoms with Crippen LogP contribution in [0.15, 0.2) is 12.4 Å². The van der Waals surface area contributed by atoms with Crippen LogP contribution in [0.2, 0.25) is 0 Å². The van der Waals surface area contributed by atoms with Crippen molar-refractivity contribution in [3.8, 4) is 0 Å². The van der Waals surface area contributed by atoms with E-state index in [-0.39, 0.29) is 6.61 Å². The summed E-state index contributed by atoms with van der Waals surface area (Å²) in [5.41, 5.74) is -1.12. The van der Waals surface area contributed by atoms with Crippen molar-refractivity contribution in [1.82, 2.24) is 15.1 Å². The number of hydrogen-bond donors (Lipinski definition) is 2. The fourth-order valence-electron chi connectivity index (χ4n) is 1.91. The molecule has 0 bridgehead atoms. The van der Waals surface area contributed by atoms with E-state index in [1.807, 2.05) is 13.8 Å². The van der Waals surface area contributed by atoms with Gasteiger partial charge in [-0.05, 0) is 32.7 Å². The van der Waals surface area contributed by atoms with Gasteiger partial charge >= 0.3 is 6.18 Å². The summed E-state index contributed by atoms with van der Waals surface area (Å²) in [6.07, 6.45) is -0.224. The molecule has 0 aliphatic heterocycles. The molecular formula is C13H22F3N3O. The maximum absolute atomic E-state index is 12.4. The topological polar surface area (TPSA) is 50.1 Å². The van der Waals surface area contributed by atoms with Gasteiger partial charge in [-0.25, -0.2) is 0 Å². The maximum atomic E-state index is 12.4. The van der Waals surface area contributed by atoms with E-state index >= 15 is 0 Å². The molecule has 0 aromatic carbocycles. The van der Waals surface area contributed by atoms with Crippen molar-refractivity contribution in [2.45, 2.75) is 51.4 Å². The van der Waals surface area contributed by atoms with Gasteiger partial charge in [0.25, 0.3) is 0 Å². The number of aryl methyl sites for hydroxylation is 1. The molecule has 1 heterocycles. The number of nitrogens with one attached hydrogen (secondary N) is 1. The smallest absolute Gasteiger partial charge is 0.394 e. The minimum Gasteiger partial charge on any atom is -0.394 e. The normalized spacial score (nSPS) is 15.3. The molecule has 1 rings (SSSR count). The van der Waals surface area contributed by atoms with Crippen molar-refractivity contribution in [2.24, 2.45) is 0 Å². The second-order valence-electron chi connectivity index (χ2n) is 5.24. The molecule has 2 N–H and O–H groups in total. The predicted octanol–water partition coefficient (Wildman–Crippen LogP) is 2.43. The van der Waals surface area contributed by atoms with Crippen LogP contribution >= 0.6 is 0 Å². The Balaban J connectivity index is 2.45. The summed E-state index contributed by atoms with van der Waals surface area (Å²) in [5.74, 6) is 0. The highest BCUT2D eigenvalue weighted by molar-refractivity contribution is 5.08. The van der Waals surface area contributed by atoms with Crippen molar-refractivity contribution in [1.29, 1.82) is 0 Å². The second-order valence-corrected chi connectivity index (χ2v) is 5.24. The van der Waals surface area contributed by atoms with E-state index in [2.05, 4.69) is 10.4 Å². The first-order valence-corrected chi connectivity index (χ1v) is 6.76. The molecule has 1 aromatic rings. The number of rotatable bonds is 8. The lowest BCUT2D eigenvalue weighted by molar-refractivity contribution is -0.137. The molecule has 7 heteroatoms. The highest BCUT2D eigenvalue weighted by Crippen LogP contribution is 2.28. The number of nitrogens with zero attached hydrogens (tertiary/aromatic N) is 2. The van der Waals surface area contributed by atoms with Gasteiger partial charge in [-0.3, -0.25) is 4.68 Å². The lowest BCUT2D eigenvalue weighted by atomic mass is 9.96. The van der Waals surface area contributed by atoms with Gasteiger partial charge < -0.3 is 10.4 Å². The number of alkyl halides is 3. The molecule has 0 radical (unpaired) electrons. The van der Waals surface area contributed by atoms with Crippen LogP contribution in [0.4, 0.5) is 13.2 Å². The Morgan fingerprint density at radius 2 is 2.10 bits per heavy atom. The zero-order chi connectivity index (χ0) is 15.2. The zero-order valence-corrected chi connectivity index (χ0v) is 11.9. The fraction of sp³-hybridized carbons (Fsp3) is 0.769. The summed E-state index contributed by atoms with van der Waals surface area (Å²) in [6.45, 7) is 5.15. The van der Waals surface area contributed by atoms with E-state index in [0.29, 0.717) is 19.4 Å². The Kier molecular flexibility index (Phi) is 6.01. The summed E-state index contributed by atoms with van der Waals surface area (Å²) in [4.78, 5) is 0. The number of aliphatic hydroxyl groups is 1. The Morgan fingerprint density at radius 3 is 2.60 bits per heavy atom. The van der Waals surface area contributed by atoms with E-state index in [0.717, 1.165) is 25.4 Å². The SMILES string of the molecule is CCCNC(C)(CO)CCCn1cc(C(F)(F)F)cn1. The van der Waals surface area contributed by atoms with Crippen molar-refractivity contribution in [3.63, 3.8) is 0 Å². The lowest BCUT2D eigenvalue weighted by Crippen LogP contribution is -2.46. The first kappa shape index (κ1) is 17.0. The number of aromatic nitrogens is 2. The van der Waals surface area contributed by atoms with Gasteiger partial charge in [0.05, 0.1) is 18.4 Å². The molecule has 1 aromatic heterocycles. The minimum atomic E-state index is -4.35. The number of aliphatic hydroxyl groups excluding tert-OH is 1. The van der Waals surface area contributed by atoms with Gasteiger partial charge in [-0.2, -0.15) is 18.3 Å². The third kappa shape index (κ3) is 5.13. The highest BCUT2D eigenvalue weighted by Gasteiger charge is 2.32. The molecule has 0 saturated heterocycles. The molecule has 0 aliphatic carbocycles. The Labute approximate surface area is 117 Å². The summed E-state index contributed by atoms with van der Waals surface area (Å²) in [6, 6.07) is 0. The first-order chi connectivity index (χ1) is 9.30. The average Bonchev–Trinajstić information content (AvgIpc) is 2.85. The van der Waals surface area contributed by atoms with Crippen LogP contribution in [-0.2, 0) is 12.7 Å². The molecule has 0 fully saturated rings. The van der Waals surface area contributed by atoms with Crippen LogP contribution in [0, 0.1) is 0 Å². The Morgan fingerprint density at radius 1 is 1.40 bits per heavy atom. The molecule has 0 aliphatic rings. The van der Waals surface area contributed by atoms with E-state index in [4.69, 9.17) is 0 Å². The molecule has 20 heavy (non-hydrogen) atoms. The van der Waals surface area contributed by atoms with Crippen molar-refractivity contribution in [3.05, 3.63) is 18.0 Å². The Bertz CT molecular complexity index is 406. The van der Waals surface area contributed by atoms with Crippen LogP contribution in [0.3, 0.4) is 0 Å². The third-order valence-corrected chi connectivity index (χ3v) is 3.23. The van der Waals surface area contributed by atoms with Gasteiger partial charge in [-0.1, -0.05) is 6.92 Å². The van der Waals surface area contributed by atoms with Crippen LogP contribution in [0.1, 0.15) is 38.7 Å². The lowest BCUT2D eigenvalue weighted by Gasteiger charge is -2.28. The highest BCUT2D eigenvalue weighted by atomic mass is 19.4. The van der Waals surface area contributed by atoms with Crippen LogP contribution in [-0.4, -0.2) is 33.6 Å². The number of halogens is 3. The van der Waals surface area contributed by atoms with E-state index in [1.165, 1.54) is 4.68 Å². The van der Waals surface area contributed by atoms with E-state index < -0.39 is 17.3 Å². The zero-order valence-electron chi connectivity index (χ0n) is 11.9. The van der Waals surface area contributed by atoms with Crippen molar-refractivity contribution >= 4 is 0 Å². The maximum Gasteiger partial charge on any atom is 0.419 e.